The van der Waals surface area contributed by atoms with Crippen LogP contribution in [0.1, 0.15) is 26.2 Å². The van der Waals surface area contributed by atoms with Gasteiger partial charge in [-0.15, -0.1) is 0 Å². The lowest BCUT2D eigenvalue weighted by Crippen LogP contribution is -2.34. The van der Waals surface area contributed by atoms with Crippen LogP contribution < -0.4 is 4.74 Å². The molecule has 1 N–H and O–H groups in total. The van der Waals surface area contributed by atoms with Gasteiger partial charge in [-0.1, -0.05) is 0 Å². The molecule has 0 aromatic heterocycles. The summed E-state index contributed by atoms with van der Waals surface area (Å²) in [6.07, 6.45) is 1.34. The summed E-state index contributed by atoms with van der Waals surface area (Å²) in [5.41, 5.74) is -0.833. The van der Waals surface area contributed by atoms with E-state index in [0.717, 1.165) is 0 Å². The lowest BCUT2D eigenvalue weighted by Gasteiger charge is -2.20. The molecule has 1 fully saturated rings. The van der Waals surface area contributed by atoms with Crippen molar-refractivity contribution >= 4 is 11.9 Å². The molecule has 0 bridgehead atoms. The minimum absolute atomic E-state index is 0.0484. The molecule has 6 heteroatoms. The van der Waals surface area contributed by atoms with Crippen LogP contribution in [0, 0.1) is 11.2 Å². The highest BCUT2D eigenvalue weighted by molar-refractivity contribution is 5.80. The van der Waals surface area contributed by atoms with Gasteiger partial charge in [0.05, 0.1) is 12.0 Å². The number of hydrogen-bond acceptors (Lipinski definition) is 3. The highest BCUT2D eigenvalue weighted by atomic mass is 19.1. The molecular weight excluding hydrogens is 289 g/mol. The molecular formula is C16H20FNO4. The number of carboxylic acids is 1. The summed E-state index contributed by atoms with van der Waals surface area (Å²) >= 11 is 0. The minimum Gasteiger partial charge on any atom is -0.494 e. The van der Waals surface area contributed by atoms with Crippen LogP contribution in [0.4, 0.5) is 4.39 Å². The topological polar surface area (TPSA) is 66.8 Å². The van der Waals surface area contributed by atoms with E-state index in [4.69, 9.17) is 9.84 Å². The Morgan fingerprint density at radius 3 is 2.64 bits per heavy atom. The molecule has 5 nitrogen and oxygen atoms in total. The van der Waals surface area contributed by atoms with E-state index in [0.29, 0.717) is 38.2 Å². The summed E-state index contributed by atoms with van der Waals surface area (Å²) in [7, 11) is 0. The zero-order valence-corrected chi connectivity index (χ0v) is 12.5. The molecule has 1 amide bonds. The van der Waals surface area contributed by atoms with Crippen LogP contribution in [0.5, 0.6) is 5.75 Å². The van der Waals surface area contributed by atoms with Crippen LogP contribution in [-0.2, 0) is 9.59 Å². The van der Waals surface area contributed by atoms with Gasteiger partial charge in [0.25, 0.3) is 0 Å². The quantitative estimate of drug-likeness (QED) is 0.819. The third-order valence-corrected chi connectivity index (χ3v) is 3.96. The Morgan fingerprint density at radius 1 is 1.36 bits per heavy atom. The Kier molecular flexibility index (Phi) is 5.00. The Bertz CT molecular complexity index is 546. The SMILES string of the molecule is CC1(C(=O)O)CCN(C(=O)CCCOc2ccc(F)cc2)C1. The van der Waals surface area contributed by atoms with Gasteiger partial charge in [0.15, 0.2) is 0 Å². The third-order valence-electron chi connectivity index (χ3n) is 3.96. The van der Waals surface area contributed by atoms with Crippen molar-refractivity contribution < 1.29 is 23.8 Å². The van der Waals surface area contributed by atoms with Crippen molar-refractivity contribution in [2.24, 2.45) is 5.41 Å². The number of amides is 1. The Balaban J connectivity index is 1.70. The fourth-order valence-electron chi connectivity index (χ4n) is 2.45. The number of carbonyl (C=O) groups excluding carboxylic acids is 1. The number of halogens is 1. The summed E-state index contributed by atoms with van der Waals surface area (Å²) in [5, 5.41) is 9.15. The van der Waals surface area contributed by atoms with Gasteiger partial charge >= 0.3 is 5.97 Å². The largest absolute Gasteiger partial charge is 0.494 e. The van der Waals surface area contributed by atoms with Crippen molar-refractivity contribution in [3.63, 3.8) is 0 Å². The second-order valence-corrected chi connectivity index (χ2v) is 5.84. The monoisotopic (exact) mass is 309 g/mol. The zero-order chi connectivity index (χ0) is 16.2. The fourth-order valence-corrected chi connectivity index (χ4v) is 2.45. The molecule has 0 aliphatic carbocycles. The van der Waals surface area contributed by atoms with Gasteiger partial charge in [0.2, 0.25) is 5.91 Å². The average molecular weight is 309 g/mol. The predicted octanol–water partition coefficient (Wildman–Crippen LogP) is 2.31. The van der Waals surface area contributed by atoms with Gasteiger partial charge in [-0.2, -0.15) is 0 Å². The van der Waals surface area contributed by atoms with E-state index in [2.05, 4.69) is 0 Å². The molecule has 2 rings (SSSR count). The number of nitrogens with zero attached hydrogens (tertiary/aromatic N) is 1. The van der Waals surface area contributed by atoms with Crippen molar-refractivity contribution in [3.8, 4) is 5.75 Å². The number of benzene rings is 1. The van der Waals surface area contributed by atoms with Crippen LogP contribution in [0.2, 0.25) is 0 Å². The van der Waals surface area contributed by atoms with E-state index in [9.17, 15) is 14.0 Å². The van der Waals surface area contributed by atoms with Crippen molar-refractivity contribution in [2.75, 3.05) is 19.7 Å². The summed E-state index contributed by atoms with van der Waals surface area (Å²) in [6.45, 7) is 2.78. The number of likely N-dealkylation sites (tertiary alicyclic amines) is 1. The number of carboxylic acid groups (broad SMARTS) is 1. The number of ether oxygens (including phenoxy) is 1. The standard InChI is InChI=1S/C16H20FNO4/c1-16(15(20)21)8-9-18(11-16)14(19)3-2-10-22-13-6-4-12(17)5-7-13/h4-7H,2-3,8-11H2,1H3,(H,20,21). The van der Waals surface area contributed by atoms with Crippen molar-refractivity contribution in [3.05, 3.63) is 30.1 Å². The van der Waals surface area contributed by atoms with E-state index in [1.54, 1.807) is 11.8 Å². The van der Waals surface area contributed by atoms with Crippen LogP contribution in [0.15, 0.2) is 24.3 Å². The van der Waals surface area contributed by atoms with Gasteiger partial charge < -0.3 is 14.7 Å². The molecule has 1 aromatic rings. The molecule has 22 heavy (non-hydrogen) atoms. The summed E-state index contributed by atoms with van der Waals surface area (Å²) < 4.78 is 18.1. The lowest BCUT2D eigenvalue weighted by atomic mass is 9.90. The first-order valence-electron chi connectivity index (χ1n) is 7.30. The minimum atomic E-state index is -0.859. The highest BCUT2D eigenvalue weighted by Gasteiger charge is 2.41. The third kappa shape index (κ3) is 3.96. The number of carbonyl (C=O) groups is 2. The van der Waals surface area contributed by atoms with Gasteiger partial charge in [-0.3, -0.25) is 9.59 Å². The molecule has 120 valence electrons. The second kappa shape index (κ2) is 6.77. The Morgan fingerprint density at radius 2 is 2.05 bits per heavy atom. The maximum atomic E-state index is 12.7. The van der Waals surface area contributed by atoms with E-state index < -0.39 is 11.4 Å². The lowest BCUT2D eigenvalue weighted by molar-refractivity contribution is -0.147. The first-order valence-corrected chi connectivity index (χ1v) is 7.30. The molecule has 1 unspecified atom stereocenters. The van der Waals surface area contributed by atoms with Crippen LogP contribution >= 0.6 is 0 Å². The molecule has 1 aliphatic heterocycles. The van der Waals surface area contributed by atoms with E-state index in [-0.39, 0.29) is 18.3 Å². The molecule has 0 spiro atoms. The van der Waals surface area contributed by atoms with Crippen LogP contribution in [-0.4, -0.2) is 41.6 Å². The van der Waals surface area contributed by atoms with Gasteiger partial charge in [0, 0.05) is 19.5 Å². The molecule has 0 radical (unpaired) electrons. The normalized spacial score (nSPS) is 20.9. The fraction of sp³-hybridized carbons (Fsp3) is 0.500. The molecule has 1 aromatic carbocycles. The van der Waals surface area contributed by atoms with E-state index in [1.165, 1.54) is 24.3 Å². The van der Waals surface area contributed by atoms with Crippen molar-refractivity contribution in [2.45, 2.75) is 26.2 Å². The Labute approximate surface area is 128 Å². The molecule has 1 saturated heterocycles. The van der Waals surface area contributed by atoms with Gasteiger partial charge in [0.1, 0.15) is 11.6 Å². The first-order chi connectivity index (χ1) is 10.4. The summed E-state index contributed by atoms with van der Waals surface area (Å²) in [5.74, 6) is -0.665. The second-order valence-electron chi connectivity index (χ2n) is 5.84. The maximum absolute atomic E-state index is 12.7. The predicted molar refractivity (Wildman–Crippen MR) is 78.1 cm³/mol. The van der Waals surface area contributed by atoms with Crippen molar-refractivity contribution in [1.82, 2.24) is 4.90 Å². The molecule has 1 atom stereocenters. The number of hydrogen-bond donors (Lipinski definition) is 1. The Hall–Kier alpha value is -2.11. The van der Waals surface area contributed by atoms with Crippen molar-refractivity contribution in [1.29, 1.82) is 0 Å². The summed E-state index contributed by atoms with van der Waals surface area (Å²) in [6, 6.07) is 5.71. The number of aliphatic carboxylic acids is 1. The molecule has 1 aliphatic rings. The first kappa shape index (κ1) is 16.3. The number of rotatable bonds is 6. The van der Waals surface area contributed by atoms with E-state index in [1.807, 2.05) is 0 Å². The van der Waals surface area contributed by atoms with Gasteiger partial charge in [-0.05, 0) is 44.0 Å². The van der Waals surface area contributed by atoms with Crippen LogP contribution in [0.25, 0.3) is 0 Å². The highest BCUT2D eigenvalue weighted by Crippen LogP contribution is 2.30. The average Bonchev–Trinajstić information content (AvgIpc) is 2.89. The zero-order valence-electron chi connectivity index (χ0n) is 12.5. The summed E-state index contributed by atoms with van der Waals surface area (Å²) in [4.78, 5) is 24.8. The molecule has 0 saturated carbocycles. The van der Waals surface area contributed by atoms with E-state index >= 15 is 0 Å². The van der Waals surface area contributed by atoms with Gasteiger partial charge in [-0.25, -0.2) is 4.39 Å². The molecule has 1 heterocycles. The van der Waals surface area contributed by atoms with Crippen LogP contribution in [0.3, 0.4) is 0 Å². The maximum Gasteiger partial charge on any atom is 0.311 e. The smallest absolute Gasteiger partial charge is 0.311 e.